The van der Waals surface area contributed by atoms with Gasteiger partial charge in [0.15, 0.2) is 12.2 Å². The first-order valence-corrected chi connectivity index (χ1v) is 11.4. The van der Waals surface area contributed by atoms with E-state index in [1.807, 2.05) is 0 Å². The first kappa shape index (κ1) is 23.3. The van der Waals surface area contributed by atoms with Gasteiger partial charge < -0.3 is 20.4 Å². The van der Waals surface area contributed by atoms with Gasteiger partial charge in [-0.15, -0.1) is 9.05 Å². The lowest BCUT2D eigenvalue weighted by Gasteiger charge is -2.15. The molecule has 0 fully saturated rings. The number of hydrogen-bond acceptors (Lipinski definition) is 7. The van der Waals surface area contributed by atoms with Gasteiger partial charge >= 0.3 is 8.25 Å². The SMILES string of the molecule is O=[P+](OC(c1ccc(O)cc1)c1ccc(O)cc1)OC(c1ccc(O)cc1)c1ccc(O)cc1. The molecule has 0 aliphatic heterocycles. The first-order chi connectivity index (χ1) is 16.4. The largest absolute Gasteiger partial charge is 0.699 e. The molecule has 0 aromatic heterocycles. The molecule has 0 atom stereocenters. The molecule has 0 aliphatic carbocycles. The van der Waals surface area contributed by atoms with E-state index in [0.717, 1.165) is 0 Å². The summed E-state index contributed by atoms with van der Waals surface area (Å²) in [6.45, 7) is 0. The highest BCUT2D eigenvalue weighted by Gasteiger charge is 2.35. The van der Waals surface area contributed by atoms with Gasteiger partial charge in [0, 0.05) is 4.57 Å². The molecule has 0 saturated carbocycles. The fourth-order valence-electron chi connectivity index (χ4n) is 3.42. The Morgan fingerprint density at radius 3 is 0.853 bits per heavy atom. The Balaban J connectivity index is 1.63. The molecule has 0 amide bonds. The Morgan fingerprint density at radius 1 is 0.441 bits per heavy atom. The standard InChI is InChI=1S/C26H21O7P/c27-21-9-1-17(2-10-21)25(18-3-11-22(28)12-4-18)32-34(31)33-26(19-5-13-23(29)14-6-19)20-7-15-24(30)16-8-20/h1-16,25-26H,(H3-,27,28,29,30)/p+1. The van der Waals surface area contributed by atoms with Gasteiger partial charge in [0.05, 0.1) is 0 Å². The van der Waals surface area contributed by atoms with Crippen LogP contribution in [0.25, 0.3) is 0 Å². The van der Waals surface area contributed by atoms with E-state index in [4.69, 9.17) is 9.05 Å². The van der Waals surface area contributed by atoms with E-state index in [1.54, 1.807) is 48.5 Å². The monoisotopic (exact) mass is 477 g/mol. The van der Waals surface area contributed by atoms with Crippen LogP contribution < -0.4 is 0 Å². The minimum atomic E-state index is -2.68. The van der Waals surface area contributed by atoms with E-state index in [0.29, 0.717) is 22.3 Å². The molecule has 0 heterocycles. The molecule has 0 saturated heterocycles. The van der Waals surface area contributed by atoms with Crippen molar-refractivity contribution in [1.29, 1.82) is 0 Å². The normalized spacial score (nSPS) is 11.1. The van der Waals surface area contributed by atoms with Crippen molar-refractivity contribution < 1.29 is 34.0 Å². The van der Waals surface area contributed by atoms with Crippen molar-refractivity contribution in [2.45, 2.75) is 12.2 Å². The summed E-state index contributed by atoms with van der Waals surface area (Å²) < 4.78 is 24.8. The van der Waals surface area contributed by atoms with Gasteiger partial charge in [0.1, 0.15) is 23.0 Å². The summed E-state index contributed by atoms with van der Waals surface area (Å²) in [4.78, 5) is 0. The van der Waals surface area contributed by atoms with E-state index < -0.39 is 20.5 Å². The van der Waals surface area contributed by atoms with Crippen LogP contribution in [0.4, 0.5) is 0 Å². The van der Waals surface area contributed by atoms with Crippen LogP contribution in [0.3, 0.4) is 0 Å². The van der Waals surface area contributed by atoms with Gasteiger partial charge in [-0.1, -0.05) is 48.5 Å². The smallest absolute Gasteiger partial charge is 0.508 e. The molecular weight excluding hydrogens is 455 g/mol. The topological polar surface area (TPSA) is 116 Å². The molecule has 0 spiro atoms. The molecule has 34 heavy (non-hydrogen) atoms. The van der Waals surface area contributed by atoms with Crippen LogP contribution in [0, 0.1) is 0 Å². The second-order valence-corrected chi connectivity index (χ2v) is 8.43. The summed E-state index contributed by atoms with van der Waals surface area (Å²) in [5.41, 5.74) is 2.50. The molecule has 4 aromatic carbocycles. The Labute approximate surface area is 197 Å². The van der Waals surface area contributed by atoms with Crippen molar-refractivity contribution in [3.8, 4) is 23.0 Å². The Bertz CT molecular complexity index is 1050. The maximum atomic E-state index is 13.1. The average Bonchev–Trinajstić information content (AvgIpc) is 2.84. The zero-order chi connectivity index (χ0) is 24.1. The van der Waals surface area contributed by atoms with E-state index in [1.165, 1.54) is 48.5 Å². The summed E-state index contributed by atoms with van der Waals surface area (Å²) in [5, 5.41) is 38.6. The van der Waals surface area contributed by atoms with Gasteiger partial charge in [-0.25, -0.2) is 0 Å². The van der Waals surface area contributed by atoms with E-state index in [2.05, 4.69) is 0 Å². The number of rotatable bonds is 8. The summed E-state index contributed by atoms with van der Waals surface area (Å²) in [5.74, 6) is 0.310. The average molecular weight is 477 g/mol. The number of phenolic OH excluding ortho intramolecular Hbond substituents is 4. The summed E-state index contributed by atoms with van der Waals surface area (Å²) >= 11 is 0. The number of benzene rings is 4. The lowest BCUT2D eigenvalue weighted by Crippen LogP contribution is -2.06. The van der Waals surface area contributed by atoms with E-state index >= 15 is 0 Å². The van der Waals surface area contributed by atoms with Crippen LogP contribution in [0.15, 0.2) is 97.1 Å². The zero-order valence-electron chi connectivity index (χ0n) is 17.9. The first-order valence-electron chi connectivity index (χ1n) is 10.4. The number of hydrogen-bond donors (Lipinski definition) is 4. The second-order valence-electron chi connectivity index (χ2n) is 7.56. The Hall–Kier alpha value is -3.90. The molecule has 0 unspecified atom stereocenters. The van der Waals surface area contributed by atoms with Gasteiger partial charge in [-0.3, -0.25) is 0 Å². The van der Waals surface area contributed by atoms with E-state index in [-0.39, 0.29) is 23.0 Å². The minimum absolute atomic E-state index is 0.0774. The fourth-order valence-corrected chi connectivity index (χ4v) is 4.30. The third kappa shape index (κ3) is 5.71. The van der Waals surface area contributed by atoms with Crippen molar-refractivity contribution in [3.63, 3.8) is 0 Å². The van der Waals surface area contributed by atoms with Gasteiger partial charge in [-0.05, 0) is 70.8 Å². The van der Waals surface area contributed by atoms with Gasteiger partial charge in [0.2, 0.25) is 0 Å². The van der Waals surface area contributed by atoms with Crippen LogP contribution in [0.1, 0.15) is 34.5 Å². The third-order valence-corrected chi connectivity index (χ3v) is 5.93. The van der Waals surface area contributed by atoms with Crippen LogP contribution in [-0.4, -0.2) is 20.4 Å². The predicted molar refractivity (Wildman–Crippen MR) is 126 cm³/mol. The van der Waals surface area contributed by atoms with Crippen molar-refractivity contribution in [2.24, 2.45) is 0 Å². The summed E-state index contributed by atoms with van der Waals surface area (Å²) in [6, 6.07) is 25.1. The molecule has 4 rings (SSSR count). The Morgan fingerprint density at radius 2 is 0.647 bits per heavy atom. The summed E-state index contributed by atoms with van der Waals surface area (Å²) in [7, 11) is -2.68. The summed E-state index contributed by atoms with van der Waals surface area (Å²) in [6.07, 6.45) is -1.60. The van der Waals surface area contributed by atoms with Crippen LogP contribution >= 0.6 is 8.25 Å². The number of aromatic hydroxyl groups is 4. The molecule has 8 heteroatoms. The lowest BCUT2D eigenvalue weighted by atomic mass is 10.0. The fraction of sp³-hybridized carbons (Fsp3) is 0.0769. The van der Waals surface area contributed by atoms with Crippen LogP contribution in [-0.2, 0) is 13.6 Å². The third-order valence-electron chi connectivity index (χ3n) is 5.17. The van der Waals surface area contributed by atoms with Crippen LogP contribution in [0.5, 0.6) is 23.0 Å². The molecular formula is C26H22O7P+. The molecule has 0 bridgehead atoms. The van der Waals surface area contributed by atoms with Crippen molar-refractivity contribution in [3.05, 3.63) is 119 Å². The maximum absolute atomic E-state index is 13.1. The van der Waals surface area contributed by atoms with Gasteiger partial charge in [-0.2, -0.15) is 0 Å². The highest BCUT2D eigenvalue weighted by molar-refractivity contribution is 7.33. The predicted octanol–water partition coefficient (Wildman–Crippen LogP) is 6.08. The van der Waals surface area contributed by atoms with Crippen molar-refractivity contribution in [1.82, 2.24) is 0 Å². The molecule has 4 N–H and O–H groups in total. The molecule has 0 aliphatic rings. The maximum Gasteiger partial charge on any atom is 0.699 e. The number of phenols is 4. The van der Waals surface area contributed by atoms with Gasteiger partial charge in [0.25, 0.3) is 0 Å². The molecule has 4 aromatic rings. The zero-order valence-corrected chi connectivity index (χ0v) is 18.7. The quantitative estimate of drug-likeness (QED) is 0.227. The van der Waals surface area contributed by atoms with Crippen molar-refractivity contribution >= 4 is 8.25 Å². The van der Waals surface area contributed by atoms with Crippen LogP contribution in [0.2, 0.25) is 0 Å². The second kappa shape index (κ2) is 10.4. The molecule has 0 radical (unpaired) electrons. The highest BCUT2D eigenvalue weighted by atomic mass is 31.1. The van der Waals surface area contributed by atoms with Crippen molar-refractivity contribution in [2.75, 3.05) is 0 Å². The molecule has 172 valence electrons. The lowest BCUT2D eigenvalue weighted by molar-refractivity contribution is 0.163. The molecule has 7 nitrogen and oxygen atoms in total. The highest BCUT2D eigenvalue weighted by Crippen LogP contribution is 2.43. The Kier molecular flexibility index (Phi) is 7.09. The van der Waals surface area contributed by atoms with E-state index in [9.17, 15) is 25.0 Å². The minimum Gasteiger partial charge on any atom is -0.508 e.